The Morgan fingerprint density at radius 2 is 1.71 bits per heavy atom. The highest BCUT2D eigenvalue weighted by molar-refractivity contribution is 6.30. The molecule has 1 N–H and O–H groups in total. The van der Waals surface area contributed by atoms with E-state index in [2.05, 4.69) is 0 Å². The van der Waals surface area contributed by atoms with Crippen molar-refractivity contribution in [1.82, 2.24) is 0 Å². The predicted molar refractivity (Wildman–Crippen MR) is 58.6 cm³/mol. The van der Waals surface area contributed by atoms with Crippen LogP contribution < -0.4 is 0 Å². The van der Waals surface area contributed by atoms with Gasteiger partial charge in [0.2, 0.25) is 0 Å². The maximum Gasteiger partial charge on any atom is 0.123 e. The molecule has 0 atom stereocenters. The molecule has 0 fully saturated rings. The van der Waals surface area contributed by atoms with Gasteiger partial charge in [0.15, 0.2) is 0 Å². The molecule has 0 aromatic heterocycles. The number of hydrogen-bond donors (Lipinski definition) is 1. The van der Waals surface area contributed by atoms with Gasteiger partial charge in [-0.2, -0.15) is 0 Å². The highest BCUT2D eigenvalue weighted by Crippen LogP contribution is 2.29. The van der Waals surface area contributed by atoms with Crippen LogP contribution in [0.15, 0.2) is 48.5 Å². The molecule has 0 aliphatic rings. The summed E-state index contributed by atoms with van der Waals surface area (Å²) in [5.41, 5.74) is 1.73. The number of phenols is 1. The molecule has 0 saturated heterocycles. The molecule has 2 rings (SSSR count). The second kappa shape index (κ2) is 3.72. The lowest BCUT2D eigenvalue weighted by Gasteiger charge is -2.04. The zero-order valence-corrected chi connectivity index (χ0v) is 8.20. The summed E-state index contributed by atoms with van der Waals surface area (Å²) in [6.07, 6.45) is 0. The standard InChI is InChI=1S/C12H9ClO/c13-10-5-3-4-9(8-10)11-6-1-2-7-12(11)14/h1-8,14H. The summed E-state index contributed by atoms with van der Waals surface area (Å²) < 4.78 is 0. The van der Waals surface area contributed by atoms with Crippen molar-refractivity contribution in [2.45, 2.75) is 0 Å². The molecule has 2 heteroatoms. The Morgan fingerprint density at radius 1 is 0.929 bits per heavy atom. The van der Waals surface area contributed by atoms with Crippen molar-refractivity contribution in [1.29, 1.82) is 0 Å². The summed E-state index contributed by atoms with van der Waals surface area (Å²) in [5, 5.41) is 10.3. The topological polar surface area (TPSA) is 20.2 Å². The molecule has 0 radical (unpaired) electrons. The highest BCUT2D eigenvalue weighted by atomic mass is 35.5. The van der Waals surface area contributed by atoms with E-state index in [9.17, 15) is 5.11 Å². The van der Waals surface area contributed by atoms with Crippen LogP contribution >= 0.6 is 11.6 Å². The predicted octanol–water partition coefficient (Wildman–Crippen LogP) is 3.71. The van der Waals surface area contributed by atoms with Gasteiger partial charge in [-0.1, -0.05) is 41.9 Å². The molecule has 0 spiro atoms. The largest absolute Gasteiger partial charge is 0.507 e. The van der Waals surface area contributed by atoms with E-state index in [1.165, 1.54) is 0 Å². The van der Waals surface area contributed by atoms with Crippen molar-refractivity contribution in [2.24, 2.45) is 0 Å². The minimum Gasteiger partial charge on any atom is -0.507 e. The van der Waals surface area contributed by atoms with Gasteiger partial charge in [-0.05, 0) is 23.8 Å². The summed E-state index contributed by atoms with van der Waals surface area (Å²) in [4.78, 5) is 0. The number of aromatic hydroxyl groups is 1. The van der Waals surface area contributed by atoms with Crippen LogP contribution in [0.1, 0.15) is 0 Å². The Hall–Kier alpha value is -1.47. The van der Waals surface area contributed by atoms with Gasteiger partial charge in [0.1, 0.15) is 5.75 Å². The molecule has 2 aromatic carbocycles. The van der Waals surface area contributed by atoms with E-state index >= 15 is 0 Å². The number of hydrogen-bond acceptors (Lipinski definition) is 1. The van der Waals surface area contributed by atoms with Crippen LogP contribution in [0, 0.1) is 0 Å². The average molecular weight is 205 g/mol. The van der Waals surface area contributed by atoms with Crippen molar-refractivity contribution in [3.63, 3.8) is 0 Å². The smallest absolute Gasteiger partial charge is 0.123 e. The number of phenolic OH excluding ortho intramolecular Hbond substituents is 1. The van der Waals surface area contributed by atoms with E-state index in [-0.39, 0.29) is 5.75 Å². The molecule has 0 aliphatic carbocycles. The zero-order valence-electron chi connectivity index (χ0n) is 7.44. The van der Waals surface area contributed by atoms with Crippen molar-refractivity contribution < 1.29 is 5.11 Å². The van der Waals surface area contributed by atoms with E-state index in [4.69, 9.17) is 11.6 Å². The molecule has 0 heterocycles. The number of halogens is 1. The lowest BCUT2D eigenvalue weighted by atomic mass is 10.1. The molecule has 0 bridgehead atoms. The molecule has 70 valence electrons. The highest BCUT2D eigenvalue weighted by Gasteiger charge is 2.02. The molecule has 1 nitrogen and oxygen atoms in total. The van der Waals surface area contributed by atoms with Crippen LogP contribution in [0.2, 0.25) is 5.02 Å². The fraction of sp³-hybridized carbons (Fsp3) is 0. The zero-order chi connectivity index (χ0) is 9.97. The number of rotatable bonds is 1. The van der Waals surface area contributed by atoms with Crippen molar-refractivity contribution >= 4 is 11.6 Å². The maximum atomic E-state index is 9.61. The van der Waals surface area contributed by atoms with Gasteiger partial charge in [0.05, 0.1) is 0 Å². The molecule has 0 amide bonds. The summed E-state index contributed by atoms with van der Waals surface area (Å²) in [5.74, 6) is 0.273. The average Bonchev–Trinajstić information content (AvgIpc) is 2.18. The lowest BCUT2D eigenvalue weighted by Crippen LogP contribution is -1.77. The van der Waals surface area contributed by atoms with Crippen molar-refractivity contribution in [3.05, 3.63) is 53.6 Å². The normalized spacial score (nSPS) is 10.1. The Balaban J connectivity index is 2.55. The van der Waals surface area contributed by atoms with Crippen LogP contribution in [0.3, 0.4) is 0 Å². The van der Waals surface area contributed by atoms with E-state index in [1.807, 2.05) is 36.4 Å². The van der Waals surface area contributed by atoms with Gasteiger partial charge in [0, 0.05) is 10.6 Å². The summed E-state index contributed by atoms with van der Waals surface area (Å²) in [7, 11) is 0. The van der Waals surface area contributed by atoms with Crippen LogP contribution in [0.5, 0.6) is 5.75 Å². The van der Waals surface area contributed by atoms with Gasteiger partial charge in [-0.3, -0.25) is 0 Å². The number of para-hydroxylation sites is 1. The Bertz CT molecular complexity index is 452. The van der Waals surface area contributed by atoms with Gasteiger partial charge in [0.25, 0.3) is 0 Å². The summed E-state index contributed by atoms with van der Waals surface area (Å²) >= 11 is 5.87. The first kappa shape index (κ1) is 9.10. The van der Waals surface area contributed by atoms with E-state index in [0.717, 1.165) is 11.1 Å². The fourth-order valence-corrected chi connectivity index (χ4v) is 1.56. The third-order valence-corrected chi connectivity index (χ3v) is 2.27. The third-order valence-electron chi connectivity index (χ3n) is 2.04. The van der Waals surface area contributed by atoms with Crippen molar-refractivity contribution in [2.75, 3.05) is 0 Å². The van der Waals surface area contributed by atoms with Gasteiger partial charge in [-0.15, -0.1) is 0 Å². The second-order valence-corrected chi connectivity index (χ2v) is 3.46. The first-order valence-corrected chi connectivity index (χ1v) is 4.69. The van der Waals surface area contributed by atoms with Crippen LogP contribution in [0.25, 0.3) is 11.1 Å². The molecule has 14 heavy (non-hydrogen) atoms. The van der Waals surface area contributed by atoms with E-state index in [1.54, 1.807) is 12.1 Å². The SMILES string of the molecule is Oc1ccccc1-c1cccc(Cl)c1. The molecule has 0 aliphatic heterocycles. The quantitative estimate of drug-likeness (QED) is 0.751. The van der Waals surface area contributed by atoms with Crippen LogP contribution in [-0.2, 0) is 0 Å². The van der Waals surface area contributed by atoms with Gasteiger partial charge >= 0.3 is 0 Å². The monoisotopic (exact) mass is 204 g/mol. The molecular formula is C12H9ClO. The molecule has 0 unspecified atom stereocenters. The van der Waals surface area contributed by atoms with Gasteiger partial charge < -0.3 is 5.11 Å². The molecule has 2 aromatic rings. The van der Waals surface area contributed by atoms with Crippen LogP contribution in [0.4, 0.5) is 0 Å². The Kier molecular flexibility index (Phi) is 2.42. The Labute approximate surface area is 87.6 Å². The number of benzene rings is 2. The second-order valence-electron chi connectivity index (χ2n) is 3.03. The maximum absolute atomic E-state index is 9.61. The van der Waals surface area contributed by atoms with Gasteiger partial charge in [-0.25, -0.2) is 0 Å². The van der Waals surface area contributed by atoms with E-state index < -0.39 is 0 Å². The van der Waals surface area contributed by atoms with Crippen molar-refractivity contribution in [3.8, 4) is 16.9 Å². The summed E-state index contributed by atoms with van der Waals surface area (Å²) in [6, 6.07) is 14.6. The first-order chi connectivity index (χ1) is 6.77. The third kappa shape index (κ3) is 1.73. The minimum absolute atomic E-state index is 0.273. The van der Waals surface area contributed by atoms with E-state index in [0.29, 0.717) is 5.02 Å². The molecule has 0 saturated carbocycles. The minimum atomic E-state index is 0.273. The first-order valence-electron chi connectivity index (χ1n) is 4.31. The molecular weight excluding hydrogens is 196 g/mol. The summed E-state index contributed by atoms with van der Waals surface area (Å²) in [6.45, 7) is 0. The lowest BCUT2D eigenvalue weighted by molar-refractivity contribution is 0.477. The fourth-order valence-electron chi connectivity index (χ4n) is 1.37. The Morgan fingerprint density at radius 3 is 2.43 bits per heavy atom. The van der Waals surface area contributed by atoms with Crippen LogP contribution in [-0.4, -0.2) is 5.11 Å².